The van der Waals surface area contributed by atoms with E-state index in [1.54, 1.807) is 0 Å². The van der Waals surface area contributed by atoms with E-state index in [2.05, 4.69) is 55.3 Å². The molecule has 3 N–H and O–H groups in total. The summed E-state index contributed by atoms with van der Waals surface area (Å²) in [5.41, 5.74) is 6.77. The molecule has 2 aliphatic heterocycles. The number of amides is 1. The summed E-state index contributed by atoms with van der Waals surface area (Å²) in [6, 6.07) is 10.7. The highest BCUT2D eigenvalue weighted by atomic mass is 16.1. The summed E-state index contributed by atoms with van der Waals surface area (Å²) < 4.78 is 0. The smallest absolute Gasteiger partial charge is 0.217 e. The van der Waals surface area contributed by atoms with Crippen molar-refractivity contribution in [1.82, 2.24) is 20.0 Å². The van der Waals surface area contributed by atoms with Gasteiger partial charge in [0.15, 0.2) is 5.96 Å². The zero-order valence-corrected chi connectivity index (χ0v) is 17.7. The fourth-order valence-electron chi connectivity index (χ4n) is 4.38. The van der Waals surface area contributed by atoms with Crippen LogP contribution in [0.25, 0.3) is 0 Å². The van der Waals surface area contributed by atoms with Gasteiger partial charge in [-0.05, 0) is 24.3 Å². The van der Waals surface area contributed by atoms with E-state index in [4.69, 9.17) is 5.73 Å². The minimum atomic E-state index is -0.203. The number of nitrogens with zero attached hydrogens (tertiary/aromatic N) is 4. The molecule has 2 saturated heterocycles. The Morgan fingerprint density at radius 3 is 2.55 bits per heavy atom. The lowest BCUT2D eigenvalue weighted by Gasteiger charge is -2.36. The summed E-state index contributed by atoms with van der Waals surface area (Å²) in [5.74, 6) is 1.09. The van der Waals surface area contributed by atoms with Crippen LogP contribution in [0.1, 0.15) is 24.8 Å². The van der Waals surface area contributed by atoms with Crippen LogP contribution in [0, 0.1) is 5.92 Å². The maximum Gasteiger partial charge on any atom is 0.217 e. The van der Waals surface area contributed by atoms with Crippen LogP contribution >= 0.6 is 0 Å². The lowest BCUT2D eigenvalue weighted by Crippen LogP contribution is -2.51. The Hall–Kier alpha value is -2.12. The molecule has 1 aromatic carbocycles. The van der Waals surface area contributed by atoms with Crippen LogP contribution in [0.5, 0.6) is 0 Å². The molecule has 0 bridgehead atoms. The first-order valence-corrected chi connectivity index (χ1v) is 10.9. The summed E-state index contributed by atoms with van der Waals surface area (Å²) in [6.45, 7) is 9.26. The Bertz CT molecular complexity index is 657. The van der Waals surface area contributed by atoms with E-state index in [1.807, 2.05) is 7.05 Å². The third-order valence-corrected chi connectivity index (χ3v) is 5.95. The summed E-state index contributed by atoms with van der Waals surface area (Å²) in [4.78, 5) is 23.0. The van der Waals surface area contributed by atoms with E-state index in [9.17, 15) is 4.79 Å². The molecule has 0 radical (unpaired) electrons. The number of piperidine rings is 1. The average Bonchev–Trinajstić information content (AvgIpc) is 2.73. The molecule has 0 spiro atoms. The van der Waals surface area contributed by atoms with Crippen LogP contribution in [-0.4, -0.2) is 86.0 Å². The van der Waals surface area contributed by atoms with Crippen LogP contribution in [0.4, 0.5) is 0 Å². The van der Waals surface area contributed by atoms with E-state index < -0.39 is 0 Å². The van der Waals surface area contributed by atoms with Gasteiger partial charge in [0.25, 0.3) is 0 Å². The van der Waals surface area contributed by atoms with Gasteiger partial charge in [0.2, 0.25) is 5.91 Å². The summed E-state index contributed by atoms with van der Waals surface area (Å²) >= 11 is 0. The molecule has 160 valence electrons. The number of likely N-dealkylation sites (tertiary alicyclic amines) is 1. The third-order valence-electron chi connectivity index (χ3n) is 5.95. The van der Waals surface area contributed by atoms with E-state index in [0.717, 1.165) is 77.7 Å². The zero-order valence-electron chi connectivity index (χ0n) is 17.7. The van der Waals surface area contributed by atoms with Crippen LogP contribution in [0.15, 0.2) is 35.3 Å². The van der Waals surface area contributed by atoms with Crippen LogP contribution in [-0.2, 0) is 11.3 Å². The number of piperazine rings is 1. The van der Waals surface area contributed by atoms with Crippen molar-refractivity contribution in [3.05, 3.63) is 35.9 Å². The highest BCUT2D eigenvalue weighted by Crippen LogP contribution is 2.19. The van der Waals surface area contributed by atoms with Gasteiger partial charge in [-0.2, -0.15) is 0 Å². The first kappa shape index (κ1) is 21.6. The van der Waals surface area contributed by atoms with E-state index >= 15 is 0 Å². The van der Waals surface area contributed by atoms with Gasteiger partial charge in [0.05, 0.1) is 0 Å². The second-order valence-electron chi connectivity index (χ2n) is 8.20. The van der Waals surface area contributed by atoms with Crippen LogP contribution < -0.4 is 11.1 Å². The fourth-order valence-corrected chi connectivity index (χ4v) is 4.38. The number of hydrogen-bond donors (Lipinski definition) is 2. The molecule has 0 aliphatic carbocycles. The SMILES string of the molecule is CN=C(NCCN1CCN(Cc2ccccc2)CC1)N1CCCC(CC(N)=O)C1. The van der Waals surface area contributed by atoms with Crippen molar-refractivity contribution in [1.29, 1.82) is 0 Å². The second-order valence-corrected chi connectivity index (χ2v) is 8.20. The topological polar surface area (TPSA) is 77.2 Å². The Morgan fingerprint density at radius 1 is 1.14 bits per heavy atom. The van der Waals surface area contributed by atoms with Gasteiger partial charge in [-0.3, -0.25) is 19.6 Å². The Kier molecular flexibility index (Phi) is 8.31. The predicted octanol–water partition coefficient (Wildman–Crippen LogP) is 0.967. The molecule has 7 nitrogen and oxygen atoms in total. The quantitative estimate of drug-likeness (QED) is 0.527. The zero-order chi connectivity index (χ0) is 20.5. The average molecular weight is 401 g/mol. The summed E-state index contributed by atoms with van der Waals surface area (Å²) in [6.07, 6.45) is 2.63. The van der Waals surface area contributed by atoms with Gasteiger partial charge in [-0.25, -0.2) is 0 Å². The molecule has 1 atom stereocenters. The number of carbonyl (C=O) groups excluding carboxylic acids is 1. The first-order chi connectivity index (χ1) is 14.1. The lowest BCUT2D eigenvalue weighted by atomic mass is 9.95. The van der Waals surface area contributed by atoms with E-state index in [1.165, 1.54) is 5.56 Å². The van der Waals surface area contributed by atoms with Gasteiger partial charge in [0, 0.05) is 72.4 Å². The minimum absolute atomic E-state index is 0.203. The van der Waals surface area contributed by atoms with Crippen molar-refractivity contribution in [2.24, 2.45) is 16.6 Å². The van der Waals surface area contributed by atoms with Crippen molar-refractivity contribution in [2.45, 2.75) is 25.8 Å². The van der Waals surface area contributed by atoms with Crippen molar-refractivity contribution < 1.29 is 4.79 Å². The van der Waals surface area contributed by atoms with Gasteiger partial charge in [-0.1, -0.05) is 30.3 Å². The van der Waals surface area contributed by atoms with Gasteiger partial charge >= 0.3 is 0 Å². The summed E-state index contributed by atoms with van der Waals surface area (Å²) in [7, 11) is 1.84. The number of primary amides is 1. The second kappa shape index (κ2) is 11.2. The van der Waals surface area contributed by atoms with E-state index in [0.29, 0.717) is 12.3 Å². The standard InChI is InChI=1S/C22H36N6O/c1-24-22(28-10-5-8-20(18-28)16-21(23)29)25-9-11-26-12-14-27(15-13-26)17-19-6-3-2-4-7-19/h2-4,6-7,20H,5,8-18H2,1H3,(H2,23,29)(H,24,25). The first-order valence-electron chi connectivity index (χ1n) is 10.9. The summed E-state index contributed by atoms with van der Waals surface area (Å²) in [5, 5.41) is 3.52. The van der Waals surface area contributed by atoms with Crippen molar-refractivity contribution in [2.75, 3.05) is 59.4 Å². The Balaban J connectivity index is 1.35. The molecule has 3 rings (SSSR count). The fraction of sp³-hybridized carbons (Fsp3) is 0.636. The number of hydrogen-bond acceptors (Lipinski definition) is 4. The maximum absolute atomic E-state index is 11.2. The van der Waals surface area contributed by atoms with Crippen molar-refractivity contribution in [3.63, 3.8) is 0 Å². The monoisotopic (exact) mass is 400 g/mol. The van der Waals surface area contributed by atoms with Crippen LogP contribution in [0.2, 0.25) is 0 Å². The molecule has 29 heavy (non-hydrogen) atoms. The lowest BCUT2D eigenvalue weighted by molar-refractivity contribution is -0.119. The number of nitrogens with one attached hydrogen (secondary N) is 1. The number of nitrogens with two attached hydrogens (primary N) is 1. The number of guanidine groups is 1. The highest BCUT2D eigenvalue weighted by molar-refractivity contribution is 5.80. The predicted molar refractivity (Wildman–Crippen MR) is 118 cm³/mol. The van der Waals surface area contributed by atoms with Gasteiger partial charge in [-0.15, -0.1) is 0 Å². The largest absolute Gasteiger partial charge is 0.370 e. The molecule has 2 aliphatic rings. The molecule has 1 amide bonds. The molecule has 2 fully saturated rings. The van der Waals surface area contributed by atoms with E-state index in [-0.39, 0.29) is 5.91 Å². The third kappa shape index (κ3) is 7.01. The minimum Gasteiger partial charge on any atom is -0.370 e. The van der Waals surface area contributed by atoms with Crippen molar-refractivity contribution in [3.8, 4) is 0 Å². The van der Waals surface area contributed by atoms with Crippen LogP contribution in [0.3, 0.4) is 0 Å². The molecule has 0 aromatic heterocycles. The Morgan fingerprint density at radius 2 is 1.86 bits per heavy atom. The number of aliphatic imine (C=N–C) groups is 1. The molecule has 0 saturated carbocycles. The molecular weight excluding hydrogens is 364 g/mol. The molecule has 2 heterocycles. The number of benzene rings is 1. The Labute approximate surface area is 174 Å². The molecule has 1 unspecified atom stereocenters. The molecule has 7 heteroatoms. The molecular formula is C22H36N6O. The molecule has 1 aromatic rings. The number of carbonyl (C=O) groups is 1. The van der Waals surface area contributed by atoms with Crippen molar-refractivity contribution >= 4 is 11.9 Å². The van der Waals surface area contributed by atoms with Gasteiger partial charge in [0.1, 0.15) is 0 Å². The normalized spacial score (nSPS) is 21.9. The highest BCUT2D eigenvalue weighted by Gasteiger charge is 2.23. The number of rotatable bonds is 7. The maximum atomic E-state index is 11.2. The van der Waals surface area contributed by atoms with Gasteiger partial charge < -0.3 is 16.0 Å².